The predicted octanol–water partition coefficient (Wildman–Crippen LogP) is 2.02. The van der Waals surface area contributed by atoms with Crippen LogP contribution in [-0.4, -0.2) is 37.2 Å². The van der Waals surface area contributed by atoms with Gasteiger partial charge in [0.05, 0.1) is 13.2 Å². The fourth-order valence-corrected chi connectivity index (χ4v) is 2.54. The summed E-state index contributed by atoms with van der Waals surface area (Å²) in [6.45, 7) is 10.00. The molecule has 2 atom stereocenters. The van der Waals surface area contributed by atoms with E-state index in [4.69, 9.17) is 10.5 Å². The molecule has 0 spiro atoms. The Hall–Kier alpha value is -0.900. The van der Waals surface area contributed by atoms with E-state index in [-0.39, 0.29) is 6.04 Å². The van der Waals surface area contributed by atoms with Crippen molar-refractivity contribution in [2.75, 3.05) is 26.3 Å². The van der Waals surface area contributed by atoms with Crippen molar-refractivity contribution in [3.63, 3.8) is 0 Å². The molecule has 100 valence electrons. The first kappa shape index (κ1) is 13.5. The van der Waals surface area contributed by atoms with Crippen LogP contribution in [0.1, 0.15) is 29.7 Å². The lowest BCUT2D eigenvalue weighted by Crippen LogP contribution is -2.46. The Bertz CT molecular complexity index is 405. The smallest absolute Gasteiger partial charge is 0.0619 e. The lowest BCUT2D eigenvalue weighted by molar-refractivity contribution is -0.00283. The zero-order valence-corrected chi connectivity index (χ0v) is 11.6. The molecular weight excluding hydrogens is 224 g/mol. The van der Waals surface area contributed by atoms with Gasteiger partial charge >= 0.3 is 0 Å². The topological polar surface area (TPSA) is 38.5 Å². The van der Waals surface area contributed by atoms with Crippen LogP contribution in [0, 0.1) is 13.8 Å². The monoisotopic (exact) mass is 248 g/mol. The molecular formula is C15H24N2O. The summed E-state index contributed by atoms with van der Waals surface area (Å²) >= 11 is 0. The molecule has 1 aliphatic heterocycles. The minimum Gasteiger partial charge on any atom is -0.379 e. The molecule has 2 unspecified atom stereocenters. The molecule has 0 saturated carbocycles. The van der Waals surface area contributed by atoms with Gasteiger partial charge in [-0.05, 0) is 31.9 Å². The average Bonchev–Trinajstić information content (AvgIpc) is 2.35. The van der Waals surface area contributed by atoms with Crippen molar-refractivity contribution in [1.82, 2.24) is 4.90 Å². The van der Waals surface area contributed by atoms with Crippen LogP contribution >= 0.6 is 0 Å². The summed E-state index contributed by atoms with van der Waals surface area (Å²) in [7, 11) is 0. The molecule has 0 amide bonds. The van der Waals surface area contributed by atoms with Crippen molar-refractivity contribution in [2.24, 2.45) is 5.73 Å². The van der Waals surface area contributed by atoms with Crippen LogP contribution in [0.2, 0.25) is 0 Å². The second kappa shape index (κ2) is 5.83. The Morgan fingerprint density at radius 2 is 2.22 bits per heavy atom. The van der Waals surface area contributed by atoms with Gasteiger partial charge in [-0.15, -0.1) is 0 Å². The van der Waals surface area contributed by atoms with Crippen LogP contribution < -0.4 is 5.73 Å². The number of morpholine rings is 1. The highest BCUT2D eigenvalue weighted by Gasteiger charge is 2.21. The molecule has 0 aromatic heterocycles. The number of hydrogen-bond acceptors (Lipinski definition) is 3. The van der Waals surface area contributed by atoms with E-state index in [1.54, 1.807) is 0 Å². The first-order valence-corrected chi connectivity index (χ1v) is 6.72. The van der Waals surface area contributed by atoms with E-state index < -0.39 is 0 Å². The third kappa shape index (κ3) is 3.10. The van der Waals surface area contributed by atoms with Gasteiger partial charge in [0.25, 0.3) is 0 Å². The molecule has 0 aliphatic carbocycles. The highest BCUT2D eigenvalue weighted by atomic mass is 16.5. The first-order valence-electron chi connectivity index (χ1n) is 6.72. The lowest BCUT2D eigenvalue weighted by atomic mass is 9.98. The third-order valence-corrected chi connectivity index (χ3v) is 3.77. The Morgan fingerprint density at radius 1 is 1.44 bits per heavy atom. The zero-order chi connectivity index (χ0) is 13.1. The molecule has 1 saturated heterocycles. The number of ether oxygens (including phenoxy) is 1. The zero-order valence-electron chi connectivity index (χ0n) is 11.6. The summed E-state index contributed by atoms with van der Waals surface area (Å²) in [5.74, 6) is 0. The van der Waals surface area contributed by atoms with Gasteiger partial charge in [-0.1, -0.05) is 23.8 Å². The summed E-state index contributed by atoms with van der Waals surface area (Å²) in [5.41, 5.74) is 10.2. The van der Waals surface area contributed by atoms with Gasteiger partial charge in [0.2, 0.25) is 0 Å². The Kier molecular flexibility index (Phi) is 4.38. The average molecular weight is 248 g/mol. The van der Waals surface area contributed by atoms with Gasteiger partial charge in [0, 0.05) is 25.2 Å². The summed E-state index contributed by atoms with van der Waals surface area (Å²) in [6, 6.07) is 7.07. The summed E-state index contributed by atoms with van der Waals surface area (Å²) in [4.78, 5) is 2.43. The largest absolute Gasteiger partial charge is 0.379 e. The number of aryl methyl sites for hydroxylation is 2. The van der Waals surface area contributed by atoms with Crippen LogP contribution in [0.4, 0.5) is 0 Å². The van der Waals surface area contributed by atoms with E-state index in [1.165, 1.54) is 16.7 Å². The quantitative estimate of drug-likeness (QED) is 0.889. The first-order chi connectivity index (χ1) is 8.58. The molecule has 2 N–H and O–H groups in total. The summed E-state index contributed by atoms with van der Waals surface area (Å²) in [5, 5.41) is 0. The fourth-order valence-electron chi connectivity index (χ4n) is 2.54. The predicted molar refractivity (Wildman–Crippen MR) is 74.7 cm³/mol. The van der Waals surface area contributed by atoms with Gasteiger partial charge in [0.1, 0.15) is 0 Å². The van der Waals surface area contributed by atoms with Gasteiger partial charge in [-0.2, -0.15) is 0 Å². The Labute approximate surface area is 110 Å². The van der Waals surface area contributed by atoms with E-state index in [2.05, 4.69) is 43.9 Å². The van der Waals surface area contributed by atoms with Crippen LogP contribution in [0.15, 0.2) is 18.2 Å². The fraction of sp³-hybridized carbons (Fsp3) is 0.600. The van der Waals surface area contributed by atoms with Gasteiger partial charge in [-0.3, -0.25) is 4.90 Å². The molecule has 1 aliphatic rings. The van der Waals surface area contributed by atoms with E-state index in [9.17, 15) is 0 Å². The van der Waals surface area contributed by atoms with Crippen molar-refractivity contribution in [3.05, 3.63) is 34.9 Å². The molecule has 2 rings (SSSR count). The lowest BCUT2D eigenvalue weighted by Gasteiger charge is -2.35. The van der Waals surface area contributed by atoms with Gasteiger partial charge in [-0.25, -0.2) is 0 Å². The van der Waals surface area contributed by atoms with Crippen molar-refractivity contribution in [3.8, 4) is 0 Å². The van der Waals surface area contributed by atoms with Crippen molar-refractivity contribution < 1.29 is 4.74 Å². The second-order valence-corrected chi connectivity index (χ2v) is 5.39. The second-order valence-electron chi connectivity index (χ2n) is 5.39. The van der Waals surface area contributed by atoms with E-state index >= 15 is 0 Å². The standard InChI is InChI=1S/C15H24N2O/c1-11-4-5-12(2)14(8-11)15(16)9-17-6-7-18-10-13(17)3/h4-5,8,13,15H,6-7,9-10,16H2,1-3H3. The molecule has 0 bridgehead atoms. The molecule has 1 aromatic rings. The summed E-state index contributed by atoms with van der Waals surface area (Å²) in [6.07, 6.45) is 0. The van der Waals surface area contributed by atoms with Crippen LogP contribution in [-0.2, 0) is 4.74 Å². The molecule has 1 aromatic carbocycles. The molecule has 1 fully saturated rings. The van der Waals surface area contributed by atoms with Crippen LogP contribution in [0.5, 0.6) is 0 Å². The maximum atomic E-state index is 6.38. The molecule has 3 nitrogen and oxygen atoms in total. The maximum absolute atomic E-state index is 6.38. The number of hydrogen-bond donors (Lipinski definition) is 1. The third-order valence-electron chi connectivity index (χ3n) is 3.77. The minimum atomic E-state index is 0.0884. The van der Waals surface area contributed by atoms with E-state index in [0.717, 1.165) is 26.3 Å². The minimum absolute atomic E-state index is 0.0884. The Morgan fingerprint density at radius 3 is 2.94 bits per heavy atom. The van der Waals surface area contributed by atoms with Crippen LogP contribution in [0.25, 0.3) is 0 Å². The summed E-state index contributed by atoms with van der Waals surface area (Å²) < 4.78 is 5.46. The highest BCUT2D eigenvalue weighted by molar-refractivity contribution is 5.33. The van der Waals surface area contributed by atoms with E-state index in [0.29, 0.717) is 6.04 Å². The van der Waals surface area contributed by atoms with Crippen molar-refractivity contribution in [2.45, 2.75) is 32.9 Å². The molecule has 18 heavy (non-hydrogen) atoms. The SMILES string of the molecule is Cc1ccc(C)c(C(N)CN2CCOCC2C)c1. The number of benzene rings is 1. The van der Waals surface area contributed by atoms with Gasteiger partial charge < -0.3 is 10.5 Å². The number of nitrogens with zero attached hydrogens (tertiary/aromatic N) is 1. The Balaban J connectivity index is 2.06. The normalized spacial score (nSPS) is 23.0. The molecule has 1 heterocycles. The van der Waals surface area contributed by atoms with Crippen LogP contribution in [0.3, 0.4) is 0 Å². The van der Waals surface area contributed by atoms with Crippen molar-refractivity contribution >= 4 is 0 Å². The number of nitrogens with two attached hydrogens (primary N) is 1. The highest BCUT2D eigenvalue weighted by Crippen LogP contribution is 2.20. The van der Waals surface area contributed by atoms with Crippen molar-refractivity contribution in [1.29, 1.82) is 0 Å². The van der Waals surface area contributed by atoms with Gasteiger partial charge in [0.15, 0.2) is 0 Å². The number of rotatable bonds is 3. The maximum Gasteiger partial charge on any atom is 0.0619 e. The van der Waals surface area contributed by atoms with E-state index in [1.807, 2.05) is 0 Å². The molecule has 3 heteroatoms. The molecule has 0 radical (unpaired) electrons.